The second-order valence-corrected chi connectivity index (χ2v) is 7.09. The first-order valence-electron chi connectivity index (χ1n) is 8.98. The molecule has 2 aromatic heterocycles. The Morgan fingerprint density at radius 2 is 2.15 bits per heavy atom. The van der Waals surface area contributed by atoms with Gasteiger partial charge >= 0.3 is 0 Å². The lowest BCUT2D eigenvalue weighted by molar-refractivity contribution is 0.0235. The number of nitrogens with one attached hydrogen (secondary N) is 1. The molecule has 0 bridgehead atoms. The van der Waals surface area contributed by atoms with Crippen molar-refractivity contribution in [2.75, 3.05) is 0 Å². The number of carbonyl (C=O) groups excluding carboxylic acids is 1. The van der Waals surface area contributed by atoms with Crippen LogP contribution >= 0.6 is 0 Å². The Morgan fingerprint density at radius 3 is 2.85 bits per heavy atom. The van der Waals surface area contributed by atoms with Gasteiger partial charge in [0.1, 0.15) is 5.58 Å². The van der Waals surface area contributed by atoms with E-state index in [0.29, 0.717) is 25.0 Å². The van der Waals surface area contributed by atoms with Crippen LogP contribution in [0.1, 0.15) is 34.7 Å². The lowest BCUT2D eigenvalue weighted by Crippen LogP contribution is -2.48. The minimum Gasteiger partial charge on any atom is -0.451 e. The lowest BCUT2D eigenvalue weighted by Gasteiger charge is -2.37. The van der Waals surface area contributed by atoms with E-state index in [0.717, 1.165) is 22.2 Å². The van der Waals surface area contributed by atoms with E-state index in [1.54, 1.807) is 12.3 Å². The van der Waals surface area contributed by atoms with Crippen molar-refractivity contribution in [3.8, 4) is 0 Å². The molecule has 0 spiro atoms. The molecule has 5 nitrogen and oxygen atoms in total. The van der Waals surface area contributed by atoms with E-state index in [9.17, 15) is 9.90 Å². The van der Waals surface area contributed by atoms with Crippen molar-refractivity contribution in [3.63, 3.8) is 0 Å². The lowest BCUT2D eigenvalue weighted by atomic mass is 9.76. The molecule has 5 heteroatoms. The summed E-state index contributed by atoms with van der Waals surface area (Å²) in [5.41, 5.74) is 2.69. The standard InChI is InChI=1S/C21H22N2O3/c1-13-5-4-6-14-11-19(26-20(13)14)21(25)23-18(15-9-17(24)10-15)12-16-7-2-3-8-22-16/h2-8,11,15,17-18,24H,9-10,12H2,1H3,(H,23,25)/t15?,17?,18-/m1/s1. The van der Waals surface area contributed by atoms with Crippen LogP contribution in [0.4, 0.5) is 0 Å². The van der Waals surface area contributed by atoms with Crippen LogP contribution < -0.4 is 5.32 Å². The highest BCUT2D eigenvalue weighted by atomic mass is 16.3. The first-order valence-corrected chi connectivity index (χ1v) is 8.98. The second-order valence-electron chi connectivity index (χ2n) is 7.09. The molecule has 0 aliphatic heterocycles. The van der Waals surface area contributed by atoms with Crippen molar-refractivity contribution >= 4 is 16.9 Å². The number of aliphatic hydroxyl groups excluding tert-OH is 1. The van der Waals surface area contributed by atoms with Gasteiger partial charge < -0.3 is 14.8 Å². The highest BCUT2D eigenvalue weighted by molar-refractivity contribution is 5.96. The number of aromatic nitrogens is 1. The molecule has 2 heterocycles. The zero-order valence-electron chi connectivity index (χ0n) is 14.7. The molecule has 1 saturated carbocycles. The van der Waals surface area contributed by atoms with Crippen molar-refractivity contribution in [2.45, 2.75) is 38.3 Å². The largest absolute Gasteiger partial charge is 0.451 e. The SMILES string of the molecule is Cc1cccc2cc(C(=O)N[C@H](Cc3ccccn3)C3CC(O)C3)oc12. The number of carbonyl (C=O) groups is 1. The number of aryl methyl sites for hydroxylation is 1. The van der Waals surface area contributed by atoms with Crippen LogP contribution in [0.5, 0.6) is 0 Å². The first-order chi connectivity index (χ1) is 12.6. The van der Waals surface area contributed by atoms with Crippen LogP contribution in [0.2, 0.25) is 0 Å². The number of fused-ring (bicyclic) bond motifs is 1. The van der Waals surface area contributed by atoms with Crippen molar-refractivity contribution in [2.24, 2.45) is 5.92 Å². The Balaban J connectivity index is 1.54. The van der Waals surface area contributed by atoms with Gasteiger partial charge in [-0.15, -0.1) is 0 Å². The fourth-order valence-corrected chi connectivity index (χ4v) is 3.60. The van der Waals surface area contributed by atoms with Gasteiger partial charge in [-0.2, -0.15) is 0 Å². The Kier molecular flexibility index (Phi) is 4.47. The molecule has 134 valence electrons. The maximum atomic E-state index is 12.8. The topological polar surface area (TPSA) is 75.4 Å². The molecule has 1 atom stereocenters. The zero-order valence-corrected chi connectivity index (χ0v) is 14.7. The van der Waals surface area contributed by atoms with Gasteiger partial charge in [-0.3, -0.25) is 9.78 Å². The fraction of sp³-hybridized carbons (Fsp3) is 0.333. The number of para-hydroxylation sites is 1. The Labute approximate surface area is 152 Å². The van der Waals surface area contributed by atoms with E-state index in [2.05, 4.69) is 10.3 Å². The molecule has 1 fully saturated rings. The van der Waals surface area contributed by atoms with Gasteiger partial charge in [-0.25, -0.2) is 0 Å². The summed E-state index contributed by atoms with van der Waals surface area (Å²) in [4.78, 5) is 17.1. The third-order valence-corrected chi connectivity index (χ3v) is 5.16. The summed E-state index contributed by atoms with van der Waals surface area (Å²) in [5.74, 6) is 0.352. The Bertz CT molecular complexity index is 913. The van der Waals surface area contributed by atoms with Crippen LogP contribution in [-0.4, -0.2) is 28.1 Å². The van der Waals surface area contributed by atoms with Crippen molar-refractivity contribution < 1.29 is 14.3 Å². The van der Waals surface area contributed by atoms with Gasteiger partial charge in [0, 0.05) is 29.7 Å². The highest BCUT2D eigenvalue weighted by Gasteiger charge is 2.35. The van der Waals surface area contributed by atoms with Gasteiger partial charge in [0.25, 0.3) is 5.91 Å². The summed E-state index contributed by atoms with van der Waals surface area (Å²) in [7, 11) is 0. The molecule has 1 aromatic carbocycles. The predicted molar refractivity (Wildman–Crippen MR) is 98.9 cm³/mol. The number of amides is 1. The molecule has 2 N–H and O–H groups in total. The number of nitrogens with zero attached hydrogens (tertiary/aromatic N) is 1. The van der Waals surface area contributed by atoms with Crippen molar-refractivity contribution in [1.29, 1.82) is 0 Å². The van der Waals surface area contributed by atoms with E-state index >= 15 is 0 Å². The molecule has 3 aromatic rings. The maximum absolute atomic E-state index is 12.8. The zero-order chi connectivity index (χ0) is 18.1. The van der Waals surface area contributed by atoms with Crippen molar-refractivity contribution in [3.05, 3.63) is 65.7 Å². The van der Waals surface area contributed by atoms with Crippen LogP contribution in [-0.2, 0) is 6.42 Å². The average Bonchev–Trinajstić information content (AvgIpc) is 3.05. The number of hydrogen-bond donors (Lipinski definition) is 2. The minimum absolute atomic E-state index is 0.0740. The Morgan fingerprint density at radius 1 is 1.31 bits per heavy atom. The van der Waals surface area contributed by atoms with Crippen molar-refractivity contribution in [1.82, 2.24) is 10.3 Å². The molecule has 0 unspecified atom stereocenters. The summed E-state index contributed by atoms with van der Waals surface area (Å²) in [6.07, 6.45) is 3.54. The molecule has 1 amide bonds. The van der Waals surface area contributed by atoms with E-state index in [1.165, 1.54) is 0 Å². The van der Waals surface area contributed by atoms with E-state index in [-0.39, 0.29) is 24.0 Å². The summed E-state index contributed by atoms with van der Waals surface area (Å²) >= 11 is 0. The maximum Gasteiger partial charge on any atom is 0.287 e. The number of aliphatic hydroxyl groups is 1. The van der Waals surface area contributed by atoms with Crippen LogP contribution in [0, 0.1) is 12.8 Å². The van der Waals surface area contributed by atoms with Gasteiger partial charge in [0.15, 0.2) is 5.76 Å². The van der Waals surface area contributed by atoms with Gasteiger partial charge in [0.05, 0.1) is 6.10 Å². The molecular weight excluding hydrogens is 328 g/mol. The first kappa shape index (κ1) is 16.8. The van der Waals surface area contributed by atoms with Crippen LogP contribution in [0.15, 0.2) is 53.1 Å². The molecule has 4 rings (SSSR count). The quantitative estimate of drug-likeness (QED) is 0.741. The summed E-state index contributed by atoms with van der Waals surface area (Å²) in [5, 5.41) is 13.7. The summed E-state index contributed by atoms with van der Waals surface area (Å²) < 4.78 is 5.79. The smallest absolute Gasteiger partial charge is 0.287 e. The number of rotatable bonds is 5. The van der Waals surface area contributed by atoms with E-state index < -0.39 is 0 Å². The molecule has 1 aliphatic carbocycles. The number of furan rings is 1. The normalized spacial score (nSPS) is 20.5. The molecule has 0 saturated heterocycles. The van der Waals surface area contributed by atoms with Crippen LogP contribution in [0.25, 0.3) is 11.0 Å². The number of pyridine rings is 1. The molecule has 0 radical (unpaired) electrons. The van der Waals surface area contributed by atoms with E-state index in [1.807, 2.05) is 43.3 Å². The third kappa shape index (κ3) is 3.35. The fourth-order valence-electron chi connectivity index (χ4n) is 3.60. The van der Waals surface area contributed by atoms with Crippen LogP contribution in [0.3, 0.4) is 0 Å². The van der Waals surface area contributed by atoms with Gasteiger partial charge in [-0.1, -0.05) is 24.3 Å². The Hall–Kier alpha value is -2.66. The van der Waals surface area contributed by atoms with E-state index in [4.69, 9.17) is 4.42 Å². The highest BCUT2D eigenvalue weighted by Crippen LogP contribution is 2.32. The molecule has 1 aliphatic rings. The number of hydrogen-bond acceptors (Lipinski definition) is 4. The van der Waals surface area contributed by atoms with Gasteiger partial charge in [-0.05, 0) is 49.4 Å². The molecule has 26 heavy (non-hydrogen) atoms. The minimum atomic E-state index is -0.267. The number of benzene rings is 1. The third-order valence-electron chi connectivity index (χ3n) is 5.16. The second kappa shape index (κ2) is 6.92. The monoisotopic (exact) mass is 350 g/mol. The summed E-state index contributed by atoms with van der Waals surface area (Å²) in [6.45, 7) is 1.97. The van der Waals surface area contributed by atoms with Gasteiger partial charge in [0.2, 0.25) is 0 Å². The predicted octanol–water partition coefficient (Wildman–Crippen LogP) is 3.25. The molecular formula is C21H22N2O3. The summed E-state index contributed by atoms with van der Waals surface area (Å²) in [6, 6.07) is 13.3. The average molecular weight is 350 g/mol.